The molecule has 4 rings (SSSR count). The number of amides is 1. The summed E-state index contributed by atoms with van der Waals surface area (Å²) in [5.41, 5.74) is -0.479. The Bertz CT molecular complexity index is 1220. The first-order valence-corrected chi connectivity index (χ1v) is 11.7. The Balaban J connectivity index is 1.74. The number of likely N-dealkylation sites (tertiary alicyclic amines) is 1. The van der Waals surface area contributed by atoms with Crippen LogP contribution in [0.3, 0.4) is 0 Å². The molecule has 196 valence electrons. The van der Waals surface area contributed by atoms with E-state index in [9.17, 15) is 22.8 Å². The summed E-state index contributed by atoms with van der Waals surface area (Å²) in [6, 6.07) is 2.87. The van der Waals surface area contributed by atoms with Gasteiger partial charge in [-0.3, -0.25) is 4.90 Å². The lowest BCUT2D eigenvalue weighted by atomic mass is 9.87. The van der Waals surface area contributed by atoms with Gasteiger partial charge in [-0.15, -0.1) is 24.8 Å². The summed E-state index contributed by atoms with van der Waals surface area (Å²) in [7, 11) is 1.22. The highest BCUT2D eigenvalue weighted by Crippen LogP contribution is 2.51. The fourth-order valence-electron chi connectivity index (χ4n) is 4.73. The molecule has 0 aliphatic carbocycles. The first kappa shape index (κ1) is 26.1. The van der Waals surface area contributed by atoms with Crippen LogP contribution < -0.4 is 9.47 Å². The van der Waals surface area contributed by atoms with Crippen LogP contribution in [0.2, 0.25) is 0 Å². The van der Waals surface area contributed by atoms with Crippen molar-refractivity contribution >= 4 is 34.6 Å². The van der Waals surface area contributed by atoms with Gasteiger partial charge >= 0.3 is 18.4 Å². The number of aromatic nitrogens is 1. The summed E-state index contributed by atoms with van der Waals surface area (Å²) in [6.45, 7) is 6.83. The van der Waals surface area contributed by atoms with Crippen LogP contribution in [0.5, 0.6) is 11.5 Å². The Morgan fingerprint density at radius 2 is 1.92 bits per heavy atom. The molecule has 0 saturated carbocycles. The Hall–Kier alpha value is -2.95. The number of carbonyl (C=O) groups is 2. The highest BCUT2D eigenvalue weighted by Gasteiger charge is 2.55. The van der Waals surface area contributed by atoms with Gasteiger partial charge in [0.05, 0.1) is 30.2 Å². The number of hydrogen-bond donors (Lipinski definition) is 0. The van der Waals surface area contributed by atoms with E-state index in [4.69, 9.17) is 25.8 Å². The van der Waals surface area contributed by atoms with E-state index in [0.29, 0.717) is 27.9 Å². The predicted octanol–water partition coefficient (Wildman–Crippen LogP) is 5.43. The third-order valence-electron chi connectivity index (χ3n) is 6.04. The molecule has 2 aliphatic heterocycles. The number of ether oxygens (including phenoxy) is 4. The maximum atomic E-state index is 12.9. The van der Waals surface area contributed by atoms with Crippen molar-refractivity contribution in [2.24, 2.45) is 0 Å². The Morgan fingerprint density at radius 3 is 2.53 bits per heavy atom. The Kier molecular flexibility index (Phi) is 6.43. The van der Waals surface area contributed by atoms with Crippen molar-refractivity contribution in [2.75, 3.05) is 13.7 Å². The molecule has 1 spiro atoms. The number of fused-ring (bicyclic) bond motifs is 3. The van der Waals surface area contributed by atoms with Gasteiger partial charge in [-0.2, -0.15) is 0 Å². The van der Waals surface area contributed by atoms with Gasteiger partial charge < -0.3 is 18.9 Å². The van der Waals surface area contributed by atoms with Crippen molar-refractivity contribution in [3.8, 4) is 11.5 Å². The summed E-state index contributed by atoms with van der Waals surface area (Å²) in [5, 5.41) is -0.352. The smallest absolute Gasteiger partial charge is 0.483 e. The molecule has 12 heteroatoms. The number of methoxy groups -OCH3 is 1. The standard InChI is InChI=1S/C24H26ClF3N2O6/c1-12-19-18(14-8-13(34-24(26,27)28)6-7-16(14)29-12)15(25)9-23(35-19)10-17(20(31)33-5)30(11-23)21(32)36-22(2,3)4/h6-8,15,17H,9-11H2,1-5H3. The highest BCUT2D eigenvalue weighted by molar-refractivity contribution is 6.22. The lowest BCUT2D eigenvalue weighted by Crippen LogP contribution is -2.46. The van der Waals surface area contributed by atoms with E-state index in [-0.39, 0.29) is 19.4 Å². The molecule has 8 nitrogen and oxygen atoms in total. The number of rotatable bonds is 2. The first-order chi connectivity index (χ1) is 16.6. The number of alkyl halides is 4. The topological polar surface area (TPSA) is 87.2 Å². The maximum absolute atomic E-state index is 12.9. The second kappa shape index (κ2) is 8.86. The van der Waals surface area contributed by atoms with E-state index in [1.807, 2.05) is 0 Å². The maximum Gasteiger partial charge on any atom is 0.573 e. The zero-order valence-electron chi connectivity index (χ0n) is 20.4. The molecule has 3 atom stereocenters. The molecular weight excluding hydrogens is 505 g/mol. The third kappa shape index (κ3) is 5.11. The Morgan fingerprint density at radius 1 is 1.22 bits per heavy atom. The van der Waals surface area contributed by atoms with E-state index in [1.165, 1.54) is 30.2 Å². The van der Waals surface area contributed by atoms with E-state index in [2.05, 4.69) is 9.72 Å². The summed E-state index contributed by atoms with van der Waals surface area (Å²) >= 11 is 6.83. The summed E-state index contributed by atoms with van der Waals surface area (Å²) in [5.74, 6) is -0.733. The summed E-state index contributed by atoms with van der Waals surface area (Å²) < 4.78 is 59.2. The number of hydrogen-bond acceptors (Lipinski definition) is 7. The fraction of sp³-hybridized carbons (Fsp3) is 0.542. The summed E-state index contributed by atoms with van der Waals surface area (Å²) in [6.07, 6.45) is -5.28. The van der Waals surface area contributed by atoms with Crippen LogP contribution in [0.4, 0.5) is 18.0 Å². The van der Waals surface area contributed by atoms with E-state index >= 15 is 0 Å². The van der Waals surface area contributed by atoms with Gasteiger partial charge in [-0.25, -0.2) is 14.6 Å². The quantitative estimate of drug-likeness (QED) is 0.378. The van der Waals surface area contributed by atoms with Gasteiger partial charge in [0.1, 0.15) is 28.7 Å². The van der Waals surface area contributed by atoms with Crippen molar-refractivity contribution in [3.05, 3.63) is 29.5 Å². The minimum atomic E-state index is -4.86. The molecule has 36 heavy (non-hydrogen) atoms. The van der Waals surface area contributed by atoms with E-state index < -0.39 is 46.8 Å². The van der Waals surface area contributed by atoms with Crippen molar-refractivity contribution in [3.63, 3.8) is 0 Å². The largest absolute Gasteiger partial charge is 0.573 e. The van der Waals surface area contributed by atoms with E-state index in [1.54, 1.807) is 27.7 Å². The number of nitrogens with zero attached hydrogens (tertiary/aromatic N) is 2. The highest BCUT2D eigenvalue weighted by atomic mass is 35.5. The van der Waals surface area contributed by atoms with Crippen LogP contribution in [0.25, 0.3) is 10.9 Å². The zero-order valence-corrected chi connectivity index (χ0v) is 21.1. The number of benzene rings is 1. The summed E-state index contributed by atoms with van der Waals surface area (Å²) in [4.78, 5) is 31.2. The number of carbonyl (C=O) groups excluding carboxylic acids is 2. The number of aryl methyl sites for hydroxylation is 1. The zero-order chi connectivity index (χ0) is 26.6. The SMILES string of the molecule is COC(=O)C1CC2(CC(Cl)c3c(c(C)nc4ccc(OC(F)(F)F)cc34)O2)CN1C(=O)OC(C)(C)C. The normalized spacial score (nSPS) is 23.9. The van der Waals surface area contributed by atoms with E-state index in [0.717, 1.165) is 0 Å². The molecule has 2 aliphatic rings. The van der Waals surface area contributed by atoms with Crippen LogP contribution in [0.1, 0.15) is 50.2 Å². The molecule has 0 radical (unpaired) electrons. The molecule has 3 unspecified atom stereocenters. The van der Waals surface area contributed by atoms with Crippen LogP contribution in [-0.4, -0.2) is 59.2 Å². The molecule has 1 amide bonds. The number of halogens is 4. The predicted molar refractivity (Wildman–Crippen MR) is 123 cm³/mol. The minimum Gasteiger partial charge on any atom is -0.483 e. The fourth-order valence-corrected chi connectivity index (χ4v) is 5.23. The van der Waals surface area contributed by atoms with Crippen LogP contribution >= 0.6 is 11.6 Å². The first-order valence-electron chi connectivity index (χ1n) is 11.2. The second-order valence-corrected chi connectivity index (χ2v) is 10.5. The average Bonchev–Trinajstić information content (AvgIpc) is 3.10. The van der Waals surface area contributed by atoms with Crippen molar-refractivity contribution in [1.82, 2.24) is 9.88 Å². The molecule has 0 bridgehead atoms. The minimum absolute atomic E-state index is 0.000951. The molecule has 2 aromatic rings. The van der Waals surface area contributed by atoms with Gasteiger partial charge in [0.2, 0.25) is 0 Å². The molecule has 1 fully saturated rings. The van der Waals surface area contributed by atoms with Crippen LogP contribution in [0.15, 0.2) is 18.2 Å². The molecule has 0 N–H and O–H groups in total. The molecule has 3 heterocycles. The molecule has 1 saturated heterocycles. The van der Waals surface area contributed by atoms with Crippen LogP contribution in [-0.2, 0) is 14.3 Å². The average molecular weight is 531 g/mol. The van der Waals surface area contributed by atoms with Crippen molar-refractivity contribution in [1.29, 1.82) is 0 Å². The molecular formula is C24H26ClF3N2O6. The third-order valence-corrected chi connectivity index (χ3v) is 6.41. The van der Waals surface area contributed by atoms with Gasteiger partial charge in [0, 0.05) is 23.8 Å². The lowest BCUT2D eigenvalue weighted by molar-refractivity contribution is -0.274. The van der Waals surface area contributed by atoms with Gasteiger partial charge in [0.15, 0.2) is 0 Å². The monoisotopic (exact) mass is 530 g/mol. The number of pyridine rings is 1. The second-order valence-electron chi connectivity index (χ2n) is 9.97. The van der Waals surface area contributed by atoms with Gasteiger partial charge in [-0.1, -0.05) is 0 Å². The van der Waals surface area contributed by atoms with Gasteiger partial charge in [0.25, 0.3) is 0 Å². The van der Waals surface area contributed by atoms with Crippen molar-refractivity contribution in [2.45, 2.75) is 69.5 Å². The lowest BCUT2D eigenvalue weighted by Gasteiger charge is -2.38. The van der Waals surface area contributed by atoms with Gasteiger partial charge in [-0.05, 0) is 45.9 Å². The van der Waals surface area contributed by atoms with Crippen molar-refractivity contribution < 1.29 is 41.7 Å². The molecule has 1 aromatic heterocycles. The molecule has 1 aromatic carbocycles. The Labute approximate surface area is 210 Å². The number of esters is 1. The van der Waals surface area contributed by atoms with Crippen LogP contribution in [0, 0.1) is 6.92 Å².